The van der Waals surface area contributed by atoms with Gasteiger partial charge in [0, 0.05) is 6.42 Å². The van der Waals surface area contributed by atoms with Gasteiger partial charge in [-0.25, -0.2) is 14.4 Å². The van der Waals surface area contributed by atoms with E-state index in [4.69, 9.17) is 46.3 Å². The zero-order valence-corrected chi connectivity index (χ0v) is 25.3. The van der Waals surface area contributed by atoms with Gasteiger partial charge < -0.3 is 40.0 Å². The molecule has 236 valence electrons. The molecule has 6 heterocycles. The van der Waals surface area contributed by atoms with Gasteiger partial charge in [-0.2, -0.15) is 14.3 Å². The largest absolute Gasteiger partial charge is 0.582 e. The van der Waals surface area contributed by atoms with Crippen LogP contribution in [0.5, 0.6) is 0 Å². The van der Waals surface area contributed by atoms with Gasteiger partial charge in [-0.15, -0.1) is 14.7 Å². The molecule has 6 rings (SSSR count). The van der Waals surface area contributed by atoms with Crippen molar-refractivity contribution in [1.29, 1.82) is 0 Å². The number of rotatable bonds is 10. The number of H-pyrrole nitrogens is 1. The van der Waals surface area contributed by atoms with Crippen LogP contribution in [0.1, 0.15) is 18.9 Å². The highest BCUT2D eigenvalue weighted by molar-refractivity contribution is 8.39. The van der Waals surface area contributed by atoms with Crippen LogP contribution in [0.3, 0.4) is 0 Å². The Labute approximate surface area is 254 Å². The monoisotopic (exact) mass is 695 g/mol. The summed E-state index contributed by atoms with van der Waals surface area (Å²) in [6.45, 7) is -5.21. The average Bonchev–Trinajstić information content (AvgIpc) is 3.73. The number of aliphatic hydroxyl groups excluding tert-OH is 1. The summed E-state index contributed by atoms with van der Waals surface area (Å²) in [6.07, 6.45) is -8.23. The van der Waals surface area contributed by atoms with Gasteiger partial charge in [-0.05, 0) is 16.4 Å². The lowest BCUT2D eigenvalue weighted by Crippen LogP contribution is -2.33. The number of nitrogen functional groups attached to an aromatic ring is 2. The molecule has 9 atom stereocenters. The Bertz CT molecular complexity index is 1830. The van der Waals surface area contributed by atoms with E-state index in [2.05, 4.69) is 52.8 Å². The number of fused-ring (bicyclic) bond motifs is 2. The van der Waals surface area contributed by atoms with Gasteiger partial charge >= 0.3 is 13.9 Å². The first-order valence-electron chi connectivity index (χ1n) is 12.4. The summed E-state index contributed by atoms with van der Waals surface area (Å²) >= 11 is 8.91. The van der Waals surface area contributed by atoms with Crippen molar-refractivity contribution in [1.82, 2.24) is 49.9 Å². The molecular formula is C18H22FN12O9P2S2+. The standard InChI is InChI=1S/C18H21FN12O9P2S2/c19-8-11(39-41(34)43)7(38-17(8)30-13-9(26-28-30)12(20)22-4-23-13)3-36-42(35,44)40-6-1-5(2-32)37-16(6)31-14-10(27-29-31)15(33)25-18(21)24-14/h4-8,11,16-17,32H,1-3H2,(H6-,20,21,22,23,24,25,28,29,33,34,35,43,44)/p+1/t5-,6+,7+,8-,11+,16+,17+,42?/m0/s1. The minimum Gasteiger partial charge on any atom is -0.394 e. The van der Waals surface area contributed by atoms with Crippen molar-refractivity contribution >= 4 is 72.1 Å². The Morgan fingerprint density at radius 2 is 1.93 bits per heavy atom. The lowest BCUT2D eigenvalue weighted by atomic mass is 10.1. The van der Waals surface area contributed by atoms with Crippen LogP contribution in [-0.2, 0) is 39.4 Å². The van der Waals surface area contributed by atoms with E-state index < -0.39 is 75.8 Å². The number of hydrogen-bond acceptors (Lipinski definition) is 18. The average molecular weight is 696 g/mol. The van der Waals surface area contributed by atoms with Gasteiger partial charge in [-0.3, -0.25) is 9.78 Å². The Morgan fingerprint density at radius 1 is 1.20 bits per heavy atom. The minimum atomic E-state index is -4.18. The van der Waals surface area contributed by atoms with Crippen LogP contribution in [0.25, 0.3) is 22.3 Å². The second-order valence-corrected chi connectivity index (χ2v) is 13.9. The number of halogens is 1. The van der Waals surface area contributed by atoms with Crippen LogP contribution in [0.15, 0.2) is 11.1 Å². The van der Waals surface area contributed by atoms with Crippen molar-refractivity contribution in [3.05, 3.63) is 16.7 Å². The normalized spacial score (nSPS) is 29.0. The molecule has 0 amide bonds. The van der Waals surface area contributed by atoms with E-state index in [9.17, 15) is 19.4 Å². The molecule has 4 aromatic rings. The molecule has 2 aliphatic heterocycles. The predicted octanol–water partition coefficient (Wildman–Crippen LogP) is -0.980. The molecule has 0 aliphatic carbocycles. The van der Waals surface area contributed by atoms with Crippen LogP contribution in [0, 0.1) is 0 Å². The maximum absolute atomic E-state index is 15.6. The highest BCUT2D eigenvalue weighted by atomic mass is 32.7. The first-order valence-corrected chi connectivity index (χ1v) is 17.3. The van der Waals surface area contributed by atoms with Crippen LogP contribution >= 0.6 is 26.2 Å². The van der Waals surface area contributed by atoms with E-state index >= 15 is 4.39 Å². The predicted molar refractivity (Wildman–Crippen MR) is 151 cm³/mol. The number of ether oxygens (including phenoxy) is 2. The minimum absolute atomic E-state index is 0.00136. The molecule has 2 unspecified atom stereocenters. The summed E-state index contributed by atoms with van der Waals surface area (Å²) in [5, 5.41) is 25.1. The summed E-state index contributed by atoms with van der Waals surface area (Å²) in [5.41, 5.74) is 10.7. The summed E-state index contributed by atoms with van der Waals surface area (Å²) in [4.78, 5) is 37.3. The topological polar surface area (TPSA) is 289 Å². The molecular weight excluding hydrogens is 673 g/mol. The lowest BCUT2D eigenvalue weighted by molar-refractivity contribution is -0.0599. The molecule has 2 saturated heterocycles. The third-order valence-corrected chi connectivity index (χ3v) is 8.92. The molecule has 0 bridgehead atoms. The van der Waals surface area contributed by atoms with Crippen molar-refractivity contribution in [3.8, 4) is 0 Å². The molecule has 4 aromatic heterocycles. The molecule has 0 aromatic carbocycles. The van der Waals surface area contributed by atoms with E-state index in [0.29, 0.717) is 0 Å². The van der Waals surface area contributed by atoms with Gasteiger partial charge in [0.15, 0.2) is 52.9 Å². The number of nitrogens with one attached hydrogen (secondary N) is 1. The first-order chi connectivity index (χ1) is 21.0. The quantitative estimate of drug-likeness (QED) is 0.0858. The Morgan fingerprint density at radius 3 is 2.66 bits per heavy atom. The number of aliphatic hydroxyl groups is 1. The van der Waals surface area contributed by atoms with Crippen molar-refractivity contribution in [3.63, 3.8) is 0 Å². The van der Waals surface area contributed by atoms with E-state index in [1.54, 1.807) is 0 Å². The van der Waals surface area contributed by atoms with Gasteiger partial charge in [0.2, 0.25) is 5.95 Å². The van der Waals surface area contributed by atoms with Gasteiger partial charge in [0.05, 0.1) is 19.3 Å². The summed E-state index contributed by atoms with van der Waals surface area (Å²) < 4.78 is 57.5. The molecule has 7 N–H and O–H groups in total. The summed E-state index contributed by atoms with van der Waals surface area (Å²) in [7, 11) is -2.61. The molecule has 0 radical (unpaired) electrons. The molecule has 0 spiro atoms. The fourth-order valence-electron chi connectivity index (χ4n) is 4.75. The van der Waals surface area contributed by atoms with Gasteiger partial charge in [0.1, 0.15) is 30.8 Å². The molecule has 26 heteroatoms. The van der Waals surface area contributed by atoms with E-state index in [1.165, 1.54) is 0 Å². The molecule has 2 aliphatic rings. The number of hydrogen-bond donors (Lipinski definition) is 6. The van der Waals surface area contributed by atoms with Crippen LogP contribution in [0.2, 0.25) is 0 Å². The number of nitrogens with zero attached hydrogens (tertiary/aromatic N) is 9. The number of anilines is 2. The fourth-order valence-corrected chi connectivity index (χ4v) is 6.98. The smallest absolute Gasteiger partial charge is 0.394 e. The van der Waals surface area contributed by atoms with E-state index in [1.807, 2.05) is 0 Å². The van der Waals surface area contributed by atoms with E-state index in [-0.39, 0.29) is 40.5 Å². The second kappa shape index (κ2) is 12.1. The first kappa shape index (κ1) is 31.1. The summed E-state index contributed by atoms with van der Waals surface area (Å²) in [5.74, 6) is -0.215. The van der Waals surface area contributed by atoms with Crippen LogP contribution in [0.4, 0.5) is 16.2 Å². The van der Waals surface area contributed by atoms with Crippen molar-refractivity contribution in [2.45, 2.75) is 49.5 Å². The number of aromatic nitrogens is 10. The molecule has 0 saturated carbocycles. The second-order valence-electron chi connectivity index (χ2n) is 9.42. The third-order valence-electron chi connectivity index (χ3n) is 6.62. The van der Waals surface area contributed by atoms with Gasteiger partial charge in [-0.1, -0.05) is 10.4 Å². The van der Waals surface area contributed by atoms with Gasteiger partial charge in [0.25, 0.3) is 5.56 Å². The van der Waals surface area contributed by atoms with Crippen molar-refractivity contribution < 1.29 is 42.0 Å². The third kappa shape index (κ3) is 5.90. The highest BCUT2D eigenvalue weighted by Gasteiger charge is 2.52. The number of thiol groups is 1. The van der Waals surface area contributed by atoms with Crippen molar-refractivity contribution in [2.24, 2.45) is 0 Å². The number of nitrogens with two attached hydrogens (primary N) is 2. The highest BCUT2D eigenvalue weighted by Crippen LogP contribution is 2.51. The number of aromatic amines is 1. The maximum Gasteiger partial charge on any atom is 0.582 e. The molecule has 21 nitrogen and oxygen atoms in total. The molecule has 44 heavy (non-hydrogen) atoms. The maximum atomic E-state index is 15.6. The Kier molecular flexibility index (Phi) is 8.58. The van der Waals surface area contributed by atoms with Crippen molar-refractivity contribution in [2.75, 3.05) is 24.7 Å². The Balaban J connectivity index is 1.20. The SMILES string of the molecule is Nc1nc2c(nnn2[C@@H]2O[C@H](CO)C[C@H]2OP(O)(=S)OC[C@H]2O[C@@H](n3nnc4c(N)ncnc43)[C@@H](F)[C@@H]2O[P+](=O)S)c(=O)[nH]1. The van der Waals surface area contributed by atoms with E-state index in [0.717, 1.165) is 15.7 Å². The zero-order chi connectivity index (χ0) is 31.3. The van der Waals surface area contributed by atoms with Crippen LogP contribution in [-0.4, -0.2) is 104 Å². The lowest BCUT2D eigenvalue weighted by Gasteiger charge is -2.25. The zero-order valence-electron chi connectivity index (χ0n) is 21.8. The van der Waals surface area contributed by atoms with Crippen LogP contribution < -0.4 is 17.0 Å². The number of alkyl halides is 1. The molecule has 2 fully saturated rings. The fraction of sp³-hybridized carbons (Fsp3) is 0.556. The summed E-state index contributed by atoms with van der Waals surface area (Å²) in [6, 6.07) is 0. The Hall–Kier alpha value is -2.89.